The molecule has 0 atom stereocenters. The molecule has 0 spiro atoms. The topological polar surface area (TPSA) is 75.7 Å². The lowest BCUT2D eigenvalue weighted by Gasteiger charge is -2.22. The Hall–Kier alpha value is -3.32. The number of benzene rings is 3. The van der Waals surface area contributed by atoms with Gasteiger partial charge in [0.25, 0.3) is 15.9 Å². The summed E-state index contributed by atoms with van der Waals surface area (Å²) in [5.41, 5.74) is 2.06. The van der Waals surface area contributed by atoms with E-state index in [1.54, 1.807) is 67.6 Å². The van der Waals surface area contributed by atoms with Gasteiger partial charge in [-0.15, -0.1) is 0 Å². The first kappa shape index (κ1) is 22.4. The monoisotopic (exact) mass is 438 g/mol. The number of sulfonamides is 1. The number of hydrogen-bond donors (Lipinski definition) is 1. The molecule has 0 unspecified atom stereocenters. The van der Waals surface area contributed by atoms with Crippen LogP contribution in [0.1, 0.15) is 29.8 Å². The lowest BCUT2D eigenvalue weighted by atomic mass is 10.1. The molecule has 0 aromatic heterocycles. The Morgan fingerprint density at radius 3 is 2.29 bits per heavy atom. The van der Waals surface area contributed by atoms with Crippen molar-refractivity contribution in [1.29, 1.82) is 0 Å². The molecule has 3 aromatic carbocycles. The zero-order valence-corrected chi connectivity index (χ0v) is 18.8. The maximum atomic E-state index is 13.0. The van der Waals surface area contributed by atoms with Crippen LogP contribution in [0.2, 0.25) is 0 Å². The molecule has 0 radical (unpaired) electrons. The summed E-state index contributed by atoms with van der Waals surface area (Å²) in [6, 6.07) is 20.4. The van der Waals surface area contributed by atoms with E-state index in [2.05, 4.69) is 5.32 Å². The number of nitrogens with zero attached hydrogens (tertiary/aromatic N) is 1. The molecule has 1 N–H and O–H groups in total. The van der Waals surface area contributed by atoms with Crippen LogP contribution in [0.3, 0.4) is 0 Å². The Balaban J connectivity index is 1.90. The molecule has 0 fully saturated rings. The molecule has 1 amide bonds. The molecule has 0 aliphatic heterocycles. The van der Waals surface area contributed by atoms with Crippen molar-refractivity contribution in [2.24, 2.45) is 0 Å². The second-order valence-electron chi connectivity index (χ2n) is 7.40. The van der Waals surface area contributed by atoms with Gasteiger partial charge < -0.3 is 10.1 Å². The zero-order valence-electron chi connectivity index (χ0n) is 18.0. The lowest BCUT2D eigenvalue weighted by Crippen LogP contribution is -2.27. The second kappa shape index (κ2) is 9.22. The SMILES string of the molecule is Cc1ccc(C(=O)Nc2ccccc2OC(C)C)cc1N(C)S(=O)(=O)c1ccccc1. The van der Waals surface area contributed by atoms with Crippen molar-refractivity contribution >= 4 is 27.3 Å². The summed E-state index contributed by atoms with van der Waals surface area (Å²) in [7, 11) is -2.27. The molecule has 31 heavy (non-hydrogen) atoms. The van der Waals surface area contributed by atoms with Gasteiger partial charge in [-0.2, -0.15) is 0 Å². The van der Waals surface area contributed by atoms with E-state index in [1.165, 1.54) is 11.4 Å². The van der Waals surface area contributed by atoms with Crippen LogP contribution in [-0.4, -0.2) is 27.5 Å². The molecule has 0 saturated carbocycles. The highest BCUT2D eigenvalue weighted by Gasteiger charge is 2.23. The third kappa shape index (κ3) is 5.06. The smallest absolute Gasteiger partial charge is 0.264 e. The van der Waals surface area contributed by atoms with Crippen molar-refractivity contribution in [2.45, 2.75) is 31.8 Å². The highest BCUT2D eigenvalue weighted by atomic mass is 32.2. The van der Waals surface area contributed by atoms with Crippen molar-refractivity contribution in [2.75, 3.05) is 16.7 Å². The van der Waals surface area contributed by atoms with Crippen molar-refractivity contribution in [3.8, 4) is 5.75 Å². The first-order valence-corrected chi connectivity index (χ1v) is 11.4. The number of hydrogen-bond acceptors (Lipinski definition) is 4. The van der Waals surface area contributed by atoms with E-state index < -0.39 is 10.0 Å². The number of carbonyl (C=O) groups excluding carboxylic acids is 1. The summed E-state index contributed by atoms with van der Waals surface area (Å²) in [6.07, 6.45) is -0.0409. The minimum absolute atomic E-state index is 0.0409. The number of para-hydroxylation sites is 2. The zero-order chi connectivity index (χ0) is 22.6. The highest BCUT2D eigenvalue weighted by Crippen LogP contribution is 2.28. The molecular weight excluding hydrogens is 412 g/mol. The Bertz CT molecular complexity index is 1180. The van der Waals surface area contributed by atoms with Gasteiger partial charge in [0, 0.05) is 12.6 Å². The predicted octanol–water partition coefficient (Wildman–Crippen LogP) is 4.86. The van der Waals surface area contributed by atoms with E-state index in [-0.39, 0.29) is 16.9 Å². The van der Waals surface area contributed by atoms with Crippen molar-refractivity contribution in [3.63, 3.8) is 0 Å². The predicted molar refractivity (Wildman–Crippen MR) is 123 cm³/mol. The van der Waals surface area contributed by atoms with E-state index in [0.29, 0.717) is 22.7 Å². The van der Waals surface area contributed by atoms with Crippen LogP contribution in [0.25, 0.3) is 0 Å². The van der Waals surface area contributed by atoms with Gasteiger partial charge in [-0.25, -0.2) is 8.42 Å². The quantitative estimate of drug-likeness (QED) is 0.572. The molecule has 3 rings (SSSR count). The van der Waals surface area contributed by atoms with Gasteiger partial charge in [0.2, 0.25) is 0 Å². The summed E-state index contributed by atoms with van der Waals surface area (Å²) in [5.74, 6) is 0.216. The maximum Gasteiger partial charge on any atom is 0.264 e. The van der Waals surface area contributed by atoms with Gasteiger partial charge in [0.05, 0.1) is 22.4 Å². The third-order valence-corrected chi connectivity index (χ3v) is 6.50. The molecule has 0 heterocycles. The van der Waals surface area contributed by atoms with Gasteiger partial charge in [-0.1, -0.05) is 36.4 Å². The van der Waals surface area contributed by atoms with Crippen molar-refractivity contribution in [3.05, 3.63) is 83.9 Å². The fraction of sp³-hybridized carbons (Fsp3) is 0.208. The van der Waals surface area contributed by atoms with Gasteiger partial charge in [-0.3, -0.25) is 9.10 Å². The van der Waals surface area contributed by atoms with Gasteiger partial charge >= 0.3 is 0 Å². The summed E-state index contributed by atoms with van der Waals surface area (Å²) >= 11 is 0. The Morgan fingerprint density at radius 1 is 0.968 bits per heavy atom. The summed E-state index contributed by atoms with van der Waals surface area (Å²) in [5, 5.41) is 2.86. The molecular formula is C24H26N2O4S. The number of anilines is 2. The van der Waals surface area contributed by atoms with Crippen molar-refractivity contribution < 1.29 is 17.9 Å². The molecule has 162 valence electrons. The van der Waals surface area contributed by atoms with Gasteiger partial charge in [0.1, 0.15) is 5.75 Å². The Kier molecular flexibility index (Phi) is 6.65. The van der Waals surface area contributed by atoms with Gasteiger partial charge in [0.15, 0.2) is 0 Å². The van der Waals surface area contributed by atoms with E-state index in [9.17, 15) is 13.2 Å². The Morgan fingerprint density at radius 2 is 1.61 bits per heavy atom. The van der Waals surface area contributed by atoms with E-state index in [1.807, 2.05) is 26.0 Å². The molecule has 7 heteroatoms. The summed E-state index contributed by atoms with van der Waals surface area (Å²) < 4.78 is 33.0. The fourth-order valence-corrected chi connectivity index (χ4v) is 4.36. The number of ether oxygens (including phenoxy) is 1. The molecule has 6 nitrogen and oxygen atoms in total. The normalized spacial score (nSPS) is 11.3. The van der Waals surface area contributed by atoms with Crippen LogP contribution < -0.4 is 14.4 Å². The molecule has 0 saturated heterocycles. The number of nitrogens with one attached hydrogen (secondary N) is 1. The second-order valence-corrected chi connectivity index (χ2v) is 9.37. The molecule has 0 aliphatic rings. The molecule has 0 aliphatic carbocycles. The van der Waals surface area contributed by atoms with Gasteiger partial charge in [-0.05, 0) is 62.7 Å². The first-order chi connectivity index (χ1) is 14.7. The number of carbonyl (C=O) groups is 1. The van der Waals surface area contributed by atoms with Crippen LogP contribution in [0.4, 0.5) is 11.4 Å². The van der Waals surface area contributed by atoms with E-state index in [4.69, 9.17) is 4.74 Å². The lowest BCUT2D eigenvalue weighted by molar-refractivity contribution is 0.102. The third-order valence-electron chi connectivity index (χ3n) is 4.71. The van der Waals surface area contributed by atoms with Crippen LogP contribution in [0.5, 0.6) is 5.75 Å². The average molecular weight is 439 g/mol. The first-order valence-electron chi connectivity index (χ1n) is 9.92. The van der Waals surface area contributed by atoms with Crippen LogP contribution >= 0.6 is 0 Å². The van der Waals surface area contributed by atoms with Crippen LogP contribution in [0, 0.1) is 6.92 Å². The minimum Gasteiger partial charge on any atom is -0.489 e. The summed E-state index contributed by atoms with van der Waals surface area (Å²) in [4.78, 5) is 13.1. The largest absolute Gasteiger partial charge is 0.489 e. The van der Waals surface area contributed by atoms with Crippen molar-refractivity contribution in [1.82, 2.24) is 0 Å². The Labute approximate surface area is 183 Å². The summed E-state index contributed by atoms with van der Waals surface area (Å²) in [6.45, 7) is 5.63. The van der Waals surface area contributed by atoms with E-state index in [0.717, 1.165) is 5.56 Å². The highest BCUT2D eigenvalue weighted by molar-refractivity contribution is 7.92. The van der Waals surface area contributed by atoms with Crippen LogP contribution in [0.15, 0.2) is 77.7 Å². The minimum atomic E-state index is -3.75. The molecule has 0 bridgehead atoms. The number of amides is 1. The van der Waals surface area contributed by atoms with Crippen LogP contribution in [-0.2, 0) is 10.0 Å². The molecule has 3 aromatic rings. The maximum absolute atomic E-state index is 13.0. The van der Waals surface area contributed by atoms with E-state index >= 15 is 0 Å². The number of aryl methyl sites for hydroxylation is 1. The standard InChI is InChI=1S/C24H26N2O4S/c1-17(2)30-23-13-9-8-12-21(23)25-24(27)19-15-14-18(3)22(16-19)26(4)31(28,29)20-10-6-5-7-11-20/h5-17H,1-4H3,(H,25,27). The average Bonchev–Trinajstić information content (AvgIpc) is 2.75. The fourth-order valence-electron chi connectivity index (χ4n) is 3.09. The number of rotatable bonds is 7.